The number of nitrogens with two attached hydrogens (primary N) is 1. The predicted molar refractivity (Wildman–Crippen MR) is 59.5 cm³/mol. The number of nitrogens with one attached hydrogen (secondary N) is 1. The zero-order chi connectivity index (χ0) is 10.3. The van der Waals surface area contributed by atoms with Gasteiger partial charge in [-0.15, -0.1) is 0 Å². The molecule has 0 heterocycles. The molecule has 1 fully saturated rings. The smallest absolute Gasteiger partial charge is 0.0259 e. The highest BCUT2D eigenvalue weighted by Gasteiger charge is 2.17. The van der Waals surface area contributed by atoms with E-state index in [1.165, 1.54) is 12.8 Å². The number of allylic oxidation sites excluding steroid dienone is 1. The maximum Gasteiger partial charge on any atom is 0.0259 e. The summed E-state index contributed by atoms with van der Waals surface area (Å²) in [6, 6.07) is 1.07. The van der Waals surface area contributed by atoms with Crippen LogP contribution < -0.4 is 11.1 Å². The Kier molecular flexibility index (Phi) is 6.69. The lowest BCUT2D eigenvalue weighted by molar-refractivity contribution is 0.361. The largest absolute Gasteiger partial charge is 0.386 e. The fraction of sp³-hybridized carbons (Fsp3) is 0.818. The third-order valence-electron chi connectivity index (χ3n) is 2.22. The predicted octanol–water partition coefficient (Wildman–Crippen LogP) is 2.41. The highest BCUT2D eigenvalue weighted by Crippen LogP contribution is 2.17. The Balaban J connectivity index is 0.000000671. The van der Waals surface area contributed by atoms with Crippen LogP contribution in [0.15, 0.2) is 12.3 Å². The molecule has 1 aliphatic rings. The summed E-state index contributed by atoms with van der Waals surface area (Å²) in [6.07, 6.45) is 4.72. The van der Waals surface area contributed by atoms with Crippen LogP contribution in [-0.2, 0) is 0 Å². The van der Waals surface area contributed by atoms with Crippen LogP contribution in [0.25, 0.3) is 0 Å². The lowest BCUT2D eigenvalue weighted by Crippen LogP contribution is -2.36. The van der Waals surface area contributed by atoms with Gasteiger partial charge in [0.25, 0.3) is 0 Å². The van der Waals surface area contributed by atoms with Crippen molar-refractivity contribution in [1.29, 1.82) is 0 Å². The third kappa shape index (κ3) is 5.69. The van der Waals surface area contributed by atoms with E-state index < -0.39 is 0 Å². The summed E-state index contributed by atoms with van der Waals surface area (Å²) >= 11 is 0. The van der Waals surface area contributed by atoms with Crippen LogP contribution in [-0.4, -0.2) is 12.1 Å². The quantitative estimate of drug-likeness (QED) is 0.691. The Morgan fingerprint density at radius 2 is 1.69 bits per heavy atom. The second kappa shape index (κ2) is 6.96. The van der Waals surface area contributed by atoms with E-state index in [9.17, 15) is 0 Å². The Hall–Kier alpha value is -0.500. The van der Waals surface area contributed by atoms with E-state index in [0.29, 0.717) is 12.1 Å². The molecule has 0 spiro atoms. The lowest BCUT2D eigenvalue weighted by atomic mass is 9.92. The van der Waals surface area contributed by atoms with Crippen LogP contribution in [0.3, 0.4) is 0 Å². The average Bonchev–Trinajstić information content (AvgIpc) is 2.12. The molecule has 1 rings (SSSR count). The second-order valence-corrected chi connectivity index (χ2v) is 3.54. The van der Waals surface area contributed by atoms with Gasteiger partial charge in [-0.3, -0.25) is 0 Å². The van der Waals surface area contributed by atoms with Crippen molar-refractivity contribution in [3.63, 3.8) is 0 Å². The van der Waals surface area contributed by atoms with Crippen molar-refractivity contribution in [2.24, 2.45) is 5.73 Å². The Morgan fingerprint density at radius 3 is 2.08 bits per heavy atom. The number of hydrogen-bond donors (Lipinski definition) is 2. The minimum Gasteiger partial charge on any atom is -0.386 e. The molecular formula is C11H24N2. The van der Waals surface area contributed by atoms with E-state index in [4.69, 9.17) is 5.73 Å². The first-order valence-electron chi connectivity index (χ1n) is 5.36. The molecule has 0 aromatic heterocycles. The summed E-state index contributed by atoms with van der Waals surface area (Å²) in [6.45, 7) is 9.83. The molecular weight excluding hydrogens is 160 g/mol. The SMILES string of the molecule is C=C(C)NC1CCC(N)CC1.CC. The summed E-state index contributed by atoms with van der Waals surface area (Å²) in [7, 11) is 0. The monoisotopic (exact) mass is 184 g/mol. The first-order chi connectivity index (χ1) is 6.18. The summed E-state index contributed by atoms with van der Waals surface area (Å²) in [5, 5.41) is 3.35. The molecule has 2 heteroatoms. The fourth-order valence-electron chi connectivity index (χ4n) is 1.61. The number of hydrogen-bond acceptors (Lipinski definition) is 2. The van der Waals surface area contributed by atoms with E-state index in [-0.39, 0.29) is 0 Å². The molecule has 0 unspecified atom stereocenters. The molecule has 13 heavy (non-hydrogen) atoms. The zero-order valence-corrected chi connectivity index (χ0v) is 9.27. The van der Waals surface area contributed by atoms with Gasteiger partial charge >= 0.3 is 0 Å². The minimum atomic E-state index is 0.443. The highest BCUT2D eigenvalue weighted by molar-refractivity contribution is 4.90. The van der Waals surface area contributed by atoms with Crippen LogP contribution in [0.2, 0.25) is 0 Å². The maximum absolute atomic E-state index is 5.78. The highest BCUT2D eigenvalue weighted by atomic mass is 14.9. The van der Waals surface area contributed by atoms with Gasteiger partial charge in [0.15, 0.2) is 0 Å². The number of rotatable bonds is 2. The van der Waals surface area contributed by atoms with Gasteiger partial charge in [0.1, 0.15) is 0 Å². The normalized spacial score (nSPS) is 27.1. The molecule has 1 aliphatic carbocycles. The molecule has 3 N–H and O–H groups in total. The van der Waals surface area contributed by atoms with Gasteiger partial charge in [-0.2, -0.15) is 0 Å². The molecule has 0 saturated heterocycles. The fourth-order valence-corrected chi connectivity index (χ4v) is 1.61. The van der Waals surface area contributed by atoms with Crippen molar-refractivity contribution in [3.8, 4) is 0 Å². The zero-order valence-electron chi connectivity index (χ0n) is 9.27. The molecule has 78 valence electrons. The van der Waals surface area contributed by atoms with Crippen molar-refractivity contribution in [3.05, 3.63) is 12.3 Å². The summed E-state index contributed by atoms with van der Waals surface area (Å²) in [5.74, 6) is 0. The molecule has 0 bridgehead atoms. The van der Waals surface area contributed by atoms with E-state index >= 15 is 0 Å². The van der Waals surface area contributed by atoms with E-state index in [1.54, 1.807) is 0 Å². The van der Waals surface area contributed by atoms with Gasteiger partial charge in [0, 0.05) is 17.8 Å². The van der Waals surface area contributed by atoms with Crippen LogP contribution in [0.5, 0.6) is 0 Å². The summed E-state index contributed by atoms with van der Waals surface area (Å²) in [5.41, 5.74) is 6.85. The Bertz CT molecular complexity index is 135. The van der Waals surface area contributed by atoms with Crippen molar-refractivity contribution in [1.82, 2.24) is 5.32 Å². The standard InChI is InChI=1S/C9H18N2.C2H6/c1-7(2)11-9-5-3-8(10)4-6-9;1-2/h8-9,11H,1,3-6,10H2,2H3;1-2H3. The third-order valence-corrected chi connectivity index (χ3v) is 2.22. The van der Waals surface area contributed by atoms with E-state index in [2.05, 4.69) is 11.9 Å². The molecule has 0 amide bonds. The van der Waals surface area contributed by atoms with Gasteiger partial charge in [-0.05, 0) is 32.6 Å². The average molecular weight is 184 g/mol. The topological polar surface area (TPSA) is 38.0 Å². The van der Waals surface area contributed by atoms with Crippen LogP contribution in [0.1, 0.15) is 46.5 Å². The molecule has 0 aromatic rings. The van der Waals surface area contributed by atoms with Crippen LogP contribution in [0, 0.1) is 0 Å². The van der Waals surface area contributed by atoms with Gasteiger partial charge in [-0.1, -0.05) is 20.4 Å². The summed E-state index contributed by atoms with van der Waals surface area (Å²) in [4.78, 5) is 0. The van der Waals surface area contributed by atoms with Crippen LogP contribution >= 0.6 is 0 Å². The van der Waals surface area contributed by atoms with Crippen molar-refractivity contribution in [2.75, 3.05) is 0 Å². The first-order valence-corrected chi connectivity index (χ1v) is 5.36. The molecule has 1 saturated carbocycles. The Morgan fingerprint density at radius 1 is 1.23 bits per heavy atom. The maximum atomic E-state index is 5.78. The molecule has 0 atom stereocenters. The van der Waals surface area contributed by atoms with Crippen molar-refractivity contribution < 1.29 is 0 Å². The molecule has 0 aliphatic heterocycles. The van der Waals surface area contributed by atoms with E-state index in [0.717, 1.165) is 18.5 Å². The van der Waals surface area contributed by atoms with E-state index in [1.807, 2.05) is 20.8 Å². The van der Waals surface area contributed by atoms with Gasteiger partial charge in [0.2, 0.25) is 0 Å². The Labute approximate surface area is 82.6 Å². The first kappa shape index (κ1) is 12.5. The second-order valence-electron chi connectivity index (χ2n) is 3.54. The molecule has 2 nitrogen and oxygen atoms in total. The molecule has 0 aromatic carbocycles. The van der Waals surface area contributed by atoms with Gasteiger partial charge < -0.3 is 11.1 Å². The van der Waals surface area contributed by atoms with Crippen molar-refractivity contribution in [2.45, 2.75) is 58.5 Å². The minimum absolute atomic E-state index is 0.443. The molecule has 0 radical (unpaired) electrons. The summed E-state index contributed by atoms with van der Waals surface area (Å²) < 4.78 is 0. The lowest BCUT2D eigenvalue weighted by Gasteiger charge is -2.27. The van der Waals surface area contributed by atoms with Gasteiger partial charge in [0.05, 0.1) is 0 Å². The van der Waals surface area contributed by atoms with Gasteiger partial charge in [-0.25, -0.2) is 0 Å². The van der Waals surface area contributed by atoms with Crippen molar-refractivity contribution >= 4 is 0 Å². The van der Waals surface area contributed by atoms with Crippen LogP contribution in [0.4, 0.5) is 0 Å².